The van der Waals surface area contributed by atoms with E-state index in [9.17, 15) is 5.11 Å². The molecule has 2 heterocycles. The van der Waals surface area contributed by atoms with Crippen LogP contribution >= 0.6 is 15.9 Å². The maximum atomic E-state index is 9.81. The fraction of sp³-hybridized carbons (Fsp3) is 0.684. The zero-order chi connectivity index (χ0) is 17.1. The van der Waals surface area contributed by atoms with Crippen LogP contribution in [0.1, 0.15) is 25.3 Å². The van der Waals surface area contributed by atoms with Gasteiger partial charge in [0.15, 0.2) is 0 Å². The number of rotatable bonds is 4. The molecule has 0 spiro atoms. The van der Waals surface area contributed by atoms with Gasteiger partial charge in [-0.05, 0) is 50.6 Å². The van der Waals surface area contributed by atoms with E-state index >= 15 is 0 Å². The van der Waals surface area contributed by atoms with Gasteiger partial charge in [0.1, 0.15) is 0 Å². The van der Waals surface area contributed by atoms with E-state index in [1.165, 1.54) is 50.3 Å². The van der Waals surface area contributed by atoms with E-state index in [4.69, 9.17) is 0 Å². The molecule has 0 saturated carbocycles. The molecular weight excluding hydrogens is 366 g/mol. The summed E-state index contributed by atoms with van der Waals surface area (Å²) in [6.07, 6.45) is 2.90. The van der Waals surface area contributed by atoms with Gasteiger partial charge in [0.05, 0.1) is 6.10 Å². The molecule has 2 aliphatic heterocycles. The molecular formula is C19H30BrN3O. The Morgan fingerprint density at radius 3 is 2.42 bits per heavy atom. The van der Waals surface area contributed by atoms with Crippen molar-refractivity contribution in [3.05, 3.63) is 28.2 Å². The average Bonchev–Trinajstić information content (AvgIpc) is 2.55. The number of piperazine rings is 1. The third-order valence-electron chi connectivity index (χ3n) is 5.42. The predicted octanol–water partition coefficient (Wildman–Crippen LogP) is 2.59. The second-order valence-electron chi connectivity index (χ2n) is 7.38. The highest BCUT2D eigenvalue weighted by Gasteiger charge is 2.27. The molecule has 3 rings (SSSR count). The van der Waals surface area contributed by atoms with Crippen molar-refractivity contribution < 1.29 is 5.11 Å². The van der Waals surface area contributed by atoms with Crippen molar-refractivity contribution in [2.45, 2.75) is 38.3 Å². The Labute approximate surface area is 154 Å². The van der Waals surface area contributed by atoms with Crippen molar-refractivity contribution in [3.8, 4) is 0 Å². The summed E-state index contributed by atoms with van der Waals surface area (Å²) in [6.45, 7) is 8.93. The van der Waals surface area contributed by atoms with Crippen LogP contribution in [0.5, 0.6) is 0 Å². The highest BCUT2D eigenvalue weighted by atomic mass is 79.9. The zero-order valence-electron chi connectivity index (χ0n) is 14.9. The number of nitrogens with zero attached hydrogens (tertiary/aromatic N) is 3. The number of aliphatic hydroxyl groups excluding tert-OH is 1. The number of benzene rings is 1. The first-order valence-electron chi connectivity index (χ1n) is 9.17. The third kappa shape index (κ3) is 4.51. The molecule has 1 aromatic rings. The molecule has 0 radical (unpaired) electrons. The molecule has 0 aliphatic carbocycles. The summed E-state index contributed by atoms with van der Waals surface area (Å²) in [5, 5.41) is 9.81. The molecule has 2 saturated heterocycles. The van der Waals surface area contributed by atoms with Crippen LogP contribution in [0.3, 0.4) is 0 Å². The van der Waals surface area contributed by atoms with Gasteiger partial charge < -0.3 is 14.9 Å². The number of likely N-dealkylation sites (N-methyl/N-ethyl adjacent to an activating group) is 1. The molecule has 5 heteroatoms. The standard InChI is InChI=1S/C19H30BrN3O/c1-15(24)13-16-14-17(20)3-4-19(16)23-7-5-18(6-8-23)22-11-9-21(2)10-12-22/h3-4,14-15,18,24H,5-13H2,1-2H3. The predicted molar refractivity (Wildman–Crippen MR) is 104 cm³/mol. The van der Waals surface area contributed by atoms with Gasteiger partial charge in [-0.1, -0.05) is 15.9 Å². The first kappa shape index (κ1) is 18.2. The Kier molecular flexibility index (Phi) is 6.19. The lowest BCUT2D eigenvalue weighted by Gasteiger charge is -2.43. The summed E-state index contributed by atoms with van der Waals surface area (Å²) < 4.78 is 1.09. The van der Waals surface area contributed by atoms with Gasteiger partial charge in [0.25, 0.3) is 0 Å². The lowest BCUT2D eigenvalue weighted by atomic mass is 9.99. The second kappa shape index (κ2) is 8.17. The van der Waals surface area contributed by atoms with Gasteiger partial charge in [-0.3, -0.25) is 4.90 Å². The monoisotopic (exact) mass is 395 g/mol. The van der Waals surface area contributed by atoms with Gasteiger partial charge in [0, 0.05) is 61.9 Å². The van der Waals surface area contributed by atoms with Crippen LogP contribution in [0, 0.1) is 0 Å². The summed E-state index contributed by atoms with van der Waals surface area (Å²) in [5.74, 6) is 0. The third-order valence-corrected chi connectivity index (χ3v) is 5.91. The van der Waals surface area contributed by atoms with Crippen molar-refractivity contribution in [2.24, 2.45) is 0 Å². The van der Waals surface area contributed by atoms with Crippen molar-refractivity contribution in [1.29, 1.82) is 0 Å². The minimum absolute atomic E-state index is 0.305. The highest BCUT2D eigenvalue weighted by Crippen LogP contribution is 2.29. The Morgan fingerprint density at radius 2 is 1.79 bits per heavy atom. The minimum Gasteiger partial charge on any atom is -0.393 e. The molecule has 1 atom stereocenters. The van der Waals surface area contributed by atoms with E-state index in [-0.39, 0.29) is 6.10 Å². The van der Waals surface area contributed by atoms with Gasteiger partial charge in [-0.15, -0.1) is 0 Å². The molecule has 0 amide bonds. The number of aliphatic hydroxyl groups is 1. The van der Waals surface area contributed by atoms with Gasteiger partial charge in [-0.2, -0.15) is 0 Å². The lowest BCUT2D eigenvalue weighted by molar-refractivity contribution is 0.0981. The quantitative estimate of drug-likeness (QED) is 0.848. The SMILES string of the molecule is CC(O)Cc1cc(Br)ccc1N1CCC(N2CCN(C)CC2)CC1. The summed E-state index contributed by atoms with van der Waals surface area (Å²) in [7, 11) is 2.22. The Morgan fingerprint density at radius 1 is 1.12 bits per heavy atom. The number of halogens is 1. The Hall–Kier alpha value is -0.620. The summed E-state index contributed by atoms with van der Waals surface area (Å²) in [6, 6.07) is 7.23. The minimum atomic E-state index is -0.305. The molecule has 1 aromatic carbocycles. The highest BCUT2D eigenvalue weighted by molar-refractivity contribution is 9.10. The Balaban J connectivity index is 1.62. The van der Waals surface area contributed by atoms with E-state index in [1.807, 2.05) is 6.92 Å². The van der Waals surface area contributed by atoms with Crippen LogP contribution in [-0.2, 0) is 6.42 Å². The molecule has 24 heavy (non-hydrogen) atoms. The van der Waals surface area contributed by atoms with Crippen LogP contribution in [0.2, 0.25) is 0 Å². The van der Waals surface area contributed by atoms with Crippen LogP contribution in [-0.4, -0.2) is 73.4 Å². The van der Waals surface area contributed by atoms with Crippen LogP contribution in [0.25, 0.3) is 0 Å². The van der Waals surface area contributed by atoms with Gasteiger partial charge in [-0.25, -0.2) is 0 Å². The number of piperidine rings is 1. The van der Waals surface area contributed by atoms with Crippen LogP contribution in [0.4, 0.5) is 5.69 Å². The Bertz CT molecular complexity index is 535. The summed E-state index contributed by atoms with van der Waals surface area (Å²) >= 11 is 3.57. The normalized spacial score (nSPS) is 22.8. The van der Waals surface area contributed by atoms with E-state index in [1.54, 1.807) is 0 Å². The van der Waals surface area contributed by atoms with Crippen molar-refractivity contribution in [3.63, 3.8) is 0 Å². The molecule has 0 aromatic heterocycles. The first-order chi connectivity index (χ1) is 11.5. The second-order valence-corrected chi connectivity index (χ2v) is 8.30. The van der Waals surface area contributed by atoms with Crippen molar-refractivity contribution in [1.82, 2.24) is 9.80 Å². The fourth-order valence-corrected chi connectivity index (χ4v) is 4.41. The van der Waals surface area contributed by atoms with Gasteiger partial charge in [0.2, 0.25) is 0 Å². The topological polar surface area (TPSA) is 30.0 Å². The van der Waals surface area contributed by atoms with Crippen molar-refractivity contribution in [2.75, 3.05) is 51.2 Å². The van der Waals surface area contributed by atoms with E-state index in [0.29, 0.717) is 6.42 Å². The largest absolute Gasteiger partial charge is 0.393 e. The zero-order valence-corrected chi connectivity index (χ0v) is 16.5. The summed E-state index contributed by atoms with van der Waals surface area (Å²) in [4.78, 5) is 7.63. The lowest BCUT2D eigenvalue weighted by Crippen LogP contribution is -2.52. The van der Waals surface area contributed by atoms with E-state index in [0.717, 1.165) is 23.6 Å². The molecule has 1 N–H and O–H groups in total. The molecule has 134 valence electrons. The maximum absolute atomic E-state index is 9.81. The fourth-order valence-electron chi connectivity index (χ4n) is 4.00. The number of hydrogen-bond donors (Lipinski definition) is 1. The van der Waals surface area contributed by atoms with Crippen LogP contribution in [0.15, 0.2) is 22.7 Å². The summed E-state index contributed by atoms with van der Waals surface area (Å²) in [5.41, 5.74) is 2.55. The molecule has 1 unspecified atom stereocenters. The van der Waals surface area contributed by atoms with E-state index in [2.05, 4.69) is 55.9 Å². The molecule has 2 fully saturated rings. The maximum Gasteiger partial charge on any atom is 0.0553 e. The first-order valence-corrected chi connectivity index (χ1v) is 9.96. The average molecular weight is 396 g/mol. The molecule has 4 nitrogen and oxygen atoms in total. The molecule has 0 bridgehead atoms. The number of anilines is 1. The van der Waals surface area contributed by atoms with E-state index < -0.39 is 0 Å². The van der Waals surface area contributed by atoms with Gasteiger partial charge >= 0.3 is 0 Å². The van der Waals surface area contributed by atoms with Crippen LogP contribution < -0.4 is 4.90 Å². The smallest absolute Gasteiger partial charge is 0.0553 e. The van der Waals surface area contributed by atoms with Crippen molar-refractivity contribution >= 4 is 21.6 Å². The molecule has 2 aliphatic rings. The number of hydrogen-bond acceptors (Lipinski definition) is 4.